The quantitative estimate of drug-likeness (QED) is 0.537. The summed E-state index contributed by atoms with van der Waals surface area (Å²) in [7, 11) is 1.90. The predicted molar refractivity (Wildman–Crippen MR) is 70.7 cm³/mol. The van der Waals surface area contributed by atoms with Gasteiger partial charge >= 0.3 is 0 Å². The van der Waals surface area contributed by atoms with Crippen LogP contribution in [0.5, 0.6) is 0 Å². The average molecular weight is 277 g/mol. The molecule has 0 spiro atoms. The molecule has 0 aromatic carbocycles. The van der Waals surface area contributed by atoms with E-state index in [9.17, 15) is 0 Å². The number of nitrogens with zero attached hydrogens (tertiary/aromatic N) is 3. The molecule has 0 amide bonds. The van der Waals surface area contributed by atoms with Gasteiger partial charge in [0.25, 0.3) is 0 Å². The number of aliphatic hydroxyl groups excluding tert-OH is 1. The number of halogens is 1. The van der Waals surface area contributed by atoms with E-state index in [1.54, 1.807) is 0 Å². The first kappa shape index (κ1) is 13.9. The molecule has 0 aromatic heterocycles. The van der Waals surface area contributed by atoms with Crippen molar-refractivity contribution in [3.05, 3.63) is 0 Å². The second-order valence-corrected chi connectivity index (χ2v) is 5.08. The van der Waals surface area contributed by atoms with Crippen molar-refractivity contribution in [2.24, 2.45) is 4.99 Å². The second-order valence-electron chi connectivity index (χ2n) is 4.58. The Morgan fingerprint density at radius 2 is 2.28 bits per heavy atom. The number of aliphatic hydroxyl groups is 1. The van der Waals surface area contributed by atoms with Crippen LogP contribution in [0.15, 0.2) is 4.99 Å². The highest BCUT2D eigenvalue weighted by Gasteiger charge is 2.28. The first-order valence-corrected chi connectivity index (χ1v) is 6.76. The molecule has 0 saturated carbocycles. The first-order valence-electron chi connectivity index (χ1n) is 6.33. The highest BCUT2D eigenvalue weighted by molar-refractivity contribution is 6.21. The lowest BCUT2D eigenvalue weighted by molar-refractivity contribution is 0.00922. The average Bonchev–Trinajstić information content (AvgIpc) is 2.39. The molecular formula is C11H21ClN4O2. The van der Waals surface area contributed by atoms with Crippen LogP contribution in [0.2, 0.25) is 0 Å². The van der Waals surface area contributed by atoms with Gasteiger partial charge in [-0.25, -0.2) is 4.99 Å². The normalized spacial score (nSPS) is 29.6. The fourth-order valence-corrected chi connectivity index (χ4v) is 2.47. The molecule has 18 heavy (non-hydrogen) atoms. The van der Waals surface area contributed by atoms with Gasteiger partial charge in [-0.05, 0) is 0 Å². The van der Waals surface area contributed by atoms with Crippen molar-refractivity contribution in [3.63, 3.8) is 0 Å². The fraction of sp³-hybridized carbons (Fsp3) is 0.909. The van der Waals surface area contributed by atoms with Gasteiger partial charge < -0.3 is 20.1 Å². The fourth-order valence-electron chi connectivity index (χ4n) is 2.21. The number of morpholine rings is 1. The van der Waals surface area contributed by atoms with Crippen molar-refractivity contribution >= 4 is 17.6 Å². The molecule has 2 aliphatic rings. The van der Waals surface area contributed by atoms with Crippen LogP contribution in [-0.2, 0) is 4.74 Å². The van der Waals surface area contributed by atoms with Crippen molar-refractivity contribution in [1.82, 2.24) is 15.1 Å². The van der Waals surface area contributed by atoms with Crippen LogP contribution in [0.4, 0.5) is 0 Å². The topological polar surface area (TPSA) is 60.3 Å². The van der Waals surface area contributed by atoms with Crippen LogP contribution < -0.4 is 5.32 Å². The second kappa shape index (κ2) is 6.56. The molecular weight excluding hydrogens is 256 g/mol. The van der Waals surface area contributed by atoms with Crippen molar-refractivity contribution in [3.8, 4) is 0 Å². The van der Waals surface area contributed by atoms with E-state index in [0.717, 1.165) is 38.7 Å². The number of hydrogen-bond donors (Lipinski definition) is 2. The first-order chi connectivity index (χ1) is 8.70. The number of alkyl halides is 1. The Kier molecular flexibility index (Phi) is 5.05. The Hall–Kier alpha value is -0.560. The number of likely N-dealkylation sites (N-methyl/N-ethyl adjacent to an activating group) is 1. The van der Waals surface area contributed by atoms with Gasteiger partial charge in [-0.1, -0.05) is 11.6 Å². The van der Waals surface area contributed by atoms with E-state index in [1.165, 1.54) is 0 Å². The molecule has 0 radical (unpaired) electrons. The van der Waals surface area contributed by atoms with E-state index < -0.39 is 0 Å². The molecule has 2 aliphatic heterocycles. The molecule has 0 aliphatic carbocycles. The molecule has 2 N–H and O–H groups in total. The minimum Gasteiger partial charge on any atom is -0.395 e. The maximum Gasteiger partial charge on any atom is 0.196 e. The summed E-state index contributed by atoms with van der Waals surface area (Å²) in [6.07, 6.45) is 0.989. The Morgan fingerprint density at radius 3 is 2.94 bits per heavy atom. The summed E-state index contributed by atoms with van der Waals surface area (Å²) in [6.45, 7) is 4.02. The van der Waals surface area contributed by atoms with Crippen molar-refractivity contribution in [1.29, 1.82) is 0 Å². The number of nitrogens with one attached hydrogen (secondary N) is 1. The summed E-state index contributed by atoms with van der Waals surface area (Å²) in [5, 5.41) is 12.4. The van der Waals surface area contributed by atoms with Crippen LogP contribution in [-0.4, -0.2) is 79.0 Å². The van der Waals surface area contributed by atoms with Gasteiger partial charge in [0, 0.05) is 33.1 Å². The van der Waals surface area contributed by atoms with Gasteiger partial charge in [0.1, 0.15) is 5.50 Å². The van der Waals surface area contributed by atoms with Crippen molar-refractivity contribution in [2.45, 2.75) is 18.1 Å². The zero-order valence-corrected chi connectivity index (χ0v) is 11.4. The Labute approximate surface area is 113 Å². The molecule has 0 aromatic rings. The number of rotatable bonds is 3. The summed E-state index contributed by atoms with van der Waals surface area (Å²) in [5.41, 5.74) is -0.213. The summed E-state index contributed by atoms with van der Waals surface area (Å²) in [6, 6.07) is 0. The van der Waals surface area contributed by atoms with E-state index in [2.05, 4.69) is 15.2 Å². The number of ether oxygens (including phenoxy) is 1. The van der Waals surface area contributed by atoms with Crippen LogP contribution in [0.1, 0.15) is 6.42 Å². The summed E-state index contributed by atoms with van der Waals surface area (Å²) < 4.78 is 5.35. The van der Waals surface area contributed by atoms with Crippen LogP contribution in [0.3, 0.4) is 0 Å². The molecule has 2 atom stereocenters. The van der Waals surface area contributed by atoms with Gasteiger partial charge in [-0.15, -0.1) is 0 Å². The largest absolute Gasteiger partial charge is 0.395 e. The zero-order chi connectivity index (χ0) is 13.0. The van der Waals surface area contributed by atoms with Gasteiger partial charge in [0.05, 0.1) is 26.0 Å². The van der Waals surface area contributed by atoms with Crippen molar-refractivity contribution in [2.75, 3.05) is 46.5 Å². The molecule has 1 fully saturated rings. The van der Waals surface area contributed by atoms with E-state index in [4.69, 9.17) is 21.4 Å². The highest BCUT2D eigenvalue weighted by atomic mass is 35.5. The van der Waals surface area contributed by atoms with Gasteiger partial charge in [0.15, 0.2) is 5.96 Å². The number of guanidine groups is 1. The molecule has 2 rings (SSSR count). The van der Waals surface area contributed by atoms with Crippen molar-refractivity contribution < 1.29 is 9.84 Å². The standard InChI is InChI=1S/C11H21ClN4O2/c1-15(2-5-17)11-13-9(12)8-10(14-11)16-3-6-18-7-4-16/h9-10,17H,2-8H2,1H3,(H,13,14). The minimum atomic E-state index is -0.213. The Balaban J connectivity index is 1.96. The number of hydrogen-bond acceptors (Lipinski definition) is 6. The Bertz CT molecular complexity index is 297. The predicted octanol–water partition coefficient (Wildman–Crippen LogP) is -0.517. The third kappa shape index (κ3) is 3.47. The highest BCUT2D eigenvalue weighted by Crippen LogP contribution is 2.17. The monoisotopic (exact) mass is 276 g/mol. The van der Waals surface area contributed by atoms with Gasteiger partial charge in [-0.3, -0.25) is 4.90 Å². The number of aliphatic imine (C=N–C) groups is 1. The smallest absolute Gasteiger partial charge is 0.196 e. The van der Waals surface area contributed by atoms with E-state index >= 15 is 0 Å². The van der Waals surface area contributed by atoms with Crippen LogP contribution >= 0.6 is 11.6 Å². The summed E-state index contributed by atoms with van der Waals surface area (Å²) >= 11 is 6.19. The van der Waals surface area contributed by atoms with Gasteiger partial charge in [-0.2, -0.15) is 0 Å². The molecule has 2 unspecified atom stereocenters. The lowest BCUT2D eigenvalue weighted by atomic mass is 10.2. The SMILES string of the molecule is CN(CCO)C1=NC(Cl)CC(N2CCOCC2)N1. The van der Waals surface area contributed by atoms with E-state index in [-0.39, 0.29) is 18.3 Å². The minimum absolute atomic E-state index is 0.104. The van der Waals surface area contributed by atoms with Crippen LogP contribution in [0.25, 0.3) is 0 Å². The summed E-state index contributed by atoms with van der Waals surface area (Å²) in [5.74, 6) is 0.756. The Morgan fingerprint density at radius 1 is 1.56 bits per heavy atom. The summed E-state index contributed by atoms with van der Waals surface area (Å²) in [4.78, 5) is 8.60. The molecule has 6 nitrogen and oxygen atoms in total. The third-order valence-electron chi connectivity index (χ3n) is 3.26. The van der Waals surface area contributed by atoms with E-state index in [1.807, 2.05) is 11.9 Å². The molecule has 1 saturated heterocycles. The zero-order valence-electron chi connectivity index (χ0n) is 10.7. The van der Waals surface area contributed by atoms with Gasteiger partial charge in [0.2, 0.25) is 0 Å². The van der Waals surface area contributed by atoms with Crippen LogP contribution in [0, 0.1) is 0 Å². The molecule has 2 heterocycles. The third-order valence-corrected chi connectivity index (χ3v) is 3.54. The lowest BCUT2D eigenvalue weighted by Crippen LogP contribution is -2.58. The molecule has 7 heteroatoms. The maximum atomic E-state index is 8.96. The molecule has 104 valence electrons. The molecule has 0 bridgehead atoms. The van der Waals surface area contributed by atoms with E-state index in [0.29, 0.717) is 6.54 Å². The maximum absolute atomic E-state index is 8.96. The lowest BCUT2D eigenvalue weighted by Gasteiger charge is -2.39.